The quantitative estimate of drug-likeness (QED) is 0.0606. The lowest BCUT2D eigenvalue weighted by molar-refractivity contribution is -0.325. The third-order valence-corrected chi connectivity index (χ3v) is 7.91. The Hall–Kier alpha value is -4.75. The summed E-state index contributed by atoms with van der Waals surface area (Å²) < 4.78 is 5.62. The van der Waals surface area contributed by atoms with Crippen LogP contribution in [0.25, 0.3) is 10.6 Å². The fraction of sp³-hybridized carbons (Fsp3) is 0.393. The highest BCUT2D eigenvalue weighted by Crippen LogP contribution is 2.39. The molecule has 248 valence electrons. The minimum Gasteiger partial charge on any atom is -0.494 e. The first-order valence-corrected chi connectivity index (χ1v) is 15.0. The van der Waals surface area contributed by atoms with Gasteiger partial charge in [-0.25, -0.2) is 4.98 Å². The summed E-state index contributed by atoms with van der Waals surface area (Å²) in [4.78, 5) is 55.4. The number of hydrogen-bond donors (Lipinski definition) is 10. The molecule has 17 nitrogen and oxygen atoms in total. The number of nitrogens with two attached hydrogens (primary N) is 2. The second-order valence-electron chi connectivity index (χ2n) is 10.6. The Morgan fingerprint density at radius 1 is 1.24 bits per heavy atom. The van der Waals surface area contributed by atoms with Crippen molar-refractivity contribution in [1.29, 1.82) is 0 Å². The van der Waals surface area contributed by atoms with Gasteiger partial charge in [-0.2, -0.15) is 0 Å². The van der Waals surface area contributed by atoms with Gasteiger partial charge in [-0.1, -0.05) is 6.07 Å². The van der Waals surface area contributed by atoms with Crippen LogP contribution in [0.2, 0.25) is 0 Å². The van der Waals surface area contributed by atoms with Gasteiger partial charge in [-0.3, -0.25) is 24.5 Å². The number of rotatable bonds is 14. The zero-order valence-electron chi connectivity index (χ0n) is 24.8. The largest absolute Gasteiger partial charge is 0.494 e. The van der Waals surface area contributed by atoms with Gasteiger partial charge in [0.25, 0.3) is 11.8 Å². The van der Waals surface area contributed by atoms with Gasteiger partial charge in [-0.05, 0) is 31.4 Å². The number of carbonyl (C=O) groups is 4. The number of methoxy groups -OCH3 is 1. The Labute approximate surface area is 266 Å². The van der Waals surface area contributed by atoms with Crippen LogP contribution in [0, 0.1) is 5.92 Å². The van der Waals surface area contributed by atoms with E-state index >= 15 is 0 Å². The van der Waals surface area contributed by atoms with Gasteiger partial charge in [0.05, 0.1) is 36.4 Å². The average Bonchev–Trinajstić information content (AvgIpc) is 3.60. The summed E-state index contributed by atoms with van der Waals surface area (Å²) in [6.45, 7) is 0.635. The Morgan fingerprint density at radius 3 is 2.61 bits per heavy atom. The van der Waals surface area contributed by atoms with Crippen molar-refractivity contribution < 1.29 is 44.3 Å². The van der Waals surface area contributed by atoms with E-state index in [0.717, 1.165) is 23.8 Å². The zero-order valence-corrected chi connectivity index (χ0v) is 25.6. The molecule has 1 aliphatic heterocycles. The van der Waals surface area contributed by atoms with Crippen molar-refractivity contribution in [2.75, 3.05) is 32.1 Å². The molecule has 1 saturated carbocycles. The monoisotopic (exact) mass is 660 g/mol. The van der Waals surface area contributed by atoms with Crippen LogP contribution in [-0.4, -0.2) is 92.9 Å². The summed E-state index contributed by atoms with van der Waals surface area (Å²) in [7, 11) is 1.37. The molecule has 12 N–H and O–H groups in total. The molecule has 1 aliphatic carbocycles. The van der Waals surface area contributed by atoms with Crippen molar-refractivity contribution in [2.24, 2.45) is 17.4 Å². The predicted octanol–water partition coefficient (Wildman–Crippen LogP) is -1.86. The smallest absolute Gasteiger partial charge is 0.369 e. The summed E-state index contributed by atoms with van der Waals surface area (Å²) in [6, 6.07) is 4.84. The SMILES string of the molecule is COc1c(NC(/C=C(\N)NC(=O)C2CC2)=C(/N)C(=O)NC(O)(O)O)cccc1-c1ncc(C(=O)NCC(O)CN2CCCC2=O)s1. The number of ether oxygens (including phenoxy) is 1. The number of likely N-dealkylation sites (tertiary alicyclic amines) is 1. The van der Waals surface area contributed by atoms with Gasteiger partial charge >= 0.3 is 6.10 Å². The highest BCUT2D eigenvalue weighted by molar-refractivity contribution is 7.17. The van der Waals surface area contributed by atoms with Crippen LogP contribution in [0.3, 0.4) is 0 Å². The number of anilines is 1. The number of nitrogens with one attached hydrogen (secondary N) is 4. The van der Waals surface area contributed by atoms with Gasteiger partial charge in [0.15, 0.2) is 5.75 Å². The maximum atomic E-state index is 12.8. The van der Waals surface area contributed by atoms with E-state index in [9.17, 15) is 39.6 Å². The summed E-state index contributed by atoms with van der Waals surface area (Å²) in [6.07, 6.45) is 0.594. The molecule has 4 rings (SSSR count). The standard InChI is InChI=1S/C28H36N8O9S/c1-45-23-16(27-32-12-19(46-27)25(40)31-11-15(37)13-36-9-3-6-21(36)38)4-2-5-17(23)33-18(22(30)26(41)35-28(42,43)44)10-20(29)34-24(39)14-7-8-14/h2,4-5,10,12,14-15,33,37,42-44H,3,6-9,11,13,29-30H2,1H3,(H,31,40)(H,34,39)(H,35,41)/b20-10+,22-18+. The number of aliphatic hydroxyl groups is 4. The second kappa shape index (κ2) is 14.6. The van der Waals surface area contributed by atoms with Crippen LogP contribution in [0.1, 0.15) is 35.4 Å². The van der Waals surface area contributed by atoms with E-state index in [2.05, 4.69) is 20.9 Å². The zero-order chi connectivity index (χ0) is 33.6. The highest BCUT2D eigenvalue weighted by Gasteiger charge is 2.30. The number of para-hydroxylation sites is 1. The maximum absolute atomic E-state index is 12.8. The number of allylic oxidation sites excluding steroid dienone is 1. The molecule has 1 atom stereocenters. The summed E-state index contributed by atoms with van der Waals surface area (Å²) >= 11 is 1.04. The first-order chi connectivity index (χ1) is 21.8. The Balaban J connectivity index is 1.54. The number of aliphatic hydroxyl groups excluding tert-OH is 1. The molecular weight excluding hydrogens is 624 g/mol. The van der Waals surface area contributed by atoms with E-state index in [-0.39, 0.29) is 58.7 Å². The van der Waals surface area contributed by atoms with Crippen molar-refractivity contribution in [1.82, 2.24) is 25.8 Å². The fourth-order valence-corrected chi connectivity index (χ4v) is 5.35. The van der Waals surface area contributed by atoms with Crippen molar-refractivity contribution >= 4 is 40.7 Å². The predicted molar refractivity (Wildman–Crippen MR) is 164 cm³/mol. The number of thiazole rings is 1. The fourth-order valence-electron chi connectivity index (χ4n) is 4.49. The maximum Gasteiger partial charge on any atom is 0.369 e. The number of carbonyl (C=O) groups excluding carboxylic acids is 4. The highest BCUT2D eigenvalue weighted by atomic mass is 32.1. The van der Waals surface area contributed by atoms with Gasteiger partial charge in [0, 0.05) is 38.0 Å². The second-order valence-corrected chi connectivity index (χ2v) is 11.7. The number of amides is 4. The third kappa shape index (κ3) is 9.14. The number of hydrogen-bond acceptors (Lipinski definition) is 14. The molecule has 0 bridgehead atoms. The molecule has 2 fully saturated rings. The van der Waals surface area contributed by atoms with E-state index in [1.807, 2.05) is 0 Å². The molecule has 0 spiro atoms. The minimum atomic E-state index is -3.57. The van der Waals surface area contributed by atoms with E-state index in [1.165, 1.54) is 18.6 Å². The van der Waals surface area contributed by atoms with Crippen molar-refractivity contribution in [3.8, 4) is 16.3 Å². The normalized spacial score (nSPS) is 16.4. The lowest BCUT2D eigenvalue weighted by Crippen LogP contribution is -2.50. The van der Waals surface area contributed by atoms with Crippen LogP contribution >= 0.6 is 11.3 Å². The van der Waals surface area contributed by atoms with Crippen LogP contribution < -0.4 is 37.5 Å². The van der Waals surface area contributed by atoms with Gasteiger partial charge < -0.3 is 57.5 Å². The molecule has 4 amide bonds. The Kier molecular flexibility index (Phi) is 10.8. The topological polar surface area (TPSA) is 275 Å². The third-order valence-electron chi connectivity index (χ3n) is 6.88. The molecule has 0 radical (unpaired) electrons. The van der Waals surface area contributed by atoms with Gasteiger partial charge in [0.2, 0.25) is 11.8 Å². The summed E-state index contributed by atoms with van der Waals surface area (Å²) in [5, 5.41) is 47.7. The molecular formula is C28H36N8O9S. The summed E-state index contributed by atoms with van der Waals surface area (Å²) in [5.41, 5.74) is 11.8. The Bertz CT molecular complexity index is 1550. The lowest BCUT2D eigenvalue weighted by atomic mass is 10.1. The molecule has 1 aromatic carbocycles. The number of nitrogens with zero attached hydrogens (tertiary/aromatic N) is 2. The molecule has 46 heavy (non-hydrogen) atoms. The minimum absolute atomic E-state index is 0.0287. The van der Waals surface area contributed by atoms with E-state index in [0.29, 0.717) is 36.4 Å². The van der Waals surface area contributed by atoms with Gasteiger partial charge in [-0.15, -0.1) is 11.3 Å². The number of benzene rings is 1. The van der Waals surface area contributed by atoms with Crippen molar-refractivity contribution in [3.63, 3.8) is 0 Å². The number of β-amino-alcohol motifs (C(OH)–C–C–N with tert-alkyl or cyclic N) is 1. The van der Waals surface area contributed by atoms with Crippen LogP contribution in [0.15, 0.2) is 47.7 Å². The Morgan fingerprint density at radius 2 is 1.98 bits per heavy atom. The lowest BCUT2D eigenvalue weighted by Gasteiger charge is -2.19. The van der Waals surface area contributed by atoms with E-state index in [4.69, 9.17) is 16.2 Å². The number of aromatic nitrogens is 1. The molecule has 1 saturated heterocycles. The van der Waals surface area contributed by atoms with Crippen molar-refractivity contribution in [3.05, 3.63) is 52.6 Å². The molecule has 1 unspecified atom stereocenters. The van der Waals surface area contributed by atoms with Crippen LogP contribution in [-0.2, 0) is 14.4 Å². The molecule has 18 heteroatoms. The van der Waals surface area contributed by atoms with Crippen molar-refractivity contribution in [2.45, 2.75) is 37.9 Å². The van der Waals surface area contributed by atoms with Crippen LogP contribution in [0.4, 0.5) is 5.69 Å². The molecule has 2 heterocycles. The molecule has 2 aromatic rings. The summed E-state index contributed by atoms with van der Waals surface area (Å²) in [5.74, 6) is -2.28. The molecule has 1 aromatic heterocycles. The average molecular weight is 661 g/mol. The van der Waals surface area contributed by atoms with E-state index < -0.39 is 29.7 Å². The van der Waals surface area contributed by atoms with E-state index in [1.54, 1.807) is 23.1 Å². The van der Waals surface area contributed by atoms with Gasteiger partial charge in [0.1, 0.15) is 21.4 Å². The molecule has 2 aliphatic rings. The first-order valence-electron chi connectivity index (χ1n) is 14.2. The van der Waals surface area contributed by atoms with Crippen LogP contribution in [0.5, 0.6) is 5.75 Å². The first kappa shape index (κ1) is 34.1.